The smallest absolute Gasteiger partial charge is 0.223 e. The molecule has 2 rings (SSSR count). The lowest BCUT2D eigenvalue weighted by molar-refractivity contribution is -0.136. The molecule has 18 heavy (non-hydrogen) atoms. The molecule has 104 valence electrons. The van der Waals surface area contributed by atoms with E-state index in [2.05, 4.69) is 4.90 Å². The quantitative estimate of drug-likeness (QED) is 0.547. The van der Waals surface area contributed by atoms with Gasteiger partial charge in [-0.15, -0.1) is 11.6 Å². The molecule has 0 N–H and O–H groups in total. The van der Waals surface area contributed by atoms with Gasteiger partial charge in [0.25, 0.3) is 0 Å². The van der Waals surface area contributed by atoms with Gasteiger partial charge in [-0.1, -0.05) is 25.7 Å². The van der Waals surface area contributed by atoms with Gasteiger partial charge in [0.05, 0.1) is 0 Å². The molecule has 0 heterocycles. The summed E-state index contributed by atoms with van der Waals surface area (Å²) in [5.74, 6) is 1.58. The number of amides is 1. The van der Waals surface area contributed by atoms with Crippen LogP contribution in [0.25, 0.3) is 0 Å². The second-order valence-electron chi connectivity index (χ2n) is 5.92. The molecule has 0 aliphatic heterocycles. The highest BCUT2D eigenvalue weighted by molar-refractivity contribution is 6.18. The lowest BCUT2D eigenvalue weighted by Gasteiger charge is -2.38. The van der Waals surface area contributed by atoms with Gasteiger partial charge >= 0.3 is 0 Å². The van der Waals surface area contributed by atoms with Crippen LogP contribution in [0.5, 0.6) is 0 Å². The molecule has 0 bridgehead atoms. The van der Waals surface area contributed by atoms with Crippen molar-refractivity contribution in [2.75, 3.05) is 12.4 Å². The summed E-state index contributed by atoms with van der Waals surface area (Å²) in [5.41, 5.74) is 0. The number of hydrogen-bond donors (Lipinski definition) is 0. The van der Waals surface area contributed by atoms with E-state index in [1.54, 1.807) is 0 Å². The van der Waals surface area contributed by atoms with E-state index >= 15 is 0 Å². The SMILES string of the molecule is O=C(CC1CCCCCC1)N(CCCl)C1CCC1. The highest BCUT2D eigenvalue weighted by Gasteiger charge is 2.29. The molecule has 2 aliphatic carbocycles. The second kappa shape index (κ2) is 7.37. The van der Waals surface area contributed by atoms with Gasteiger partial charge in [0.1, 0.15) is 0 Å². The zero-order valence-electron chi connectivity index (χ0n) is 11.4. The molecule has 2 nitrogen and oxygen atoms in total. The number of alkyl halides is 1. The van der Waals surface area contributed by atoms with Crippen molar-refractivity contribution in [2.24, 2.45) is 5.92 Å². The van der Waals surface area contributed by atoms with Crippen molar-refractivity contribution in [3.63, 3.8) is 0 Å². The van der Waals surface area contributed by atoms with E-state index in [1.165, 1.54) is 57.8 Å². The van der Waals surface area contributed by atoms with Crippen molar-refractivity contribution < 1.29 is 4.79 Å². The zero-order valence-corrected chi connectivity index (χ0v) is 12.1. The van der Waals surface area contributed by atoms with Crippen molar-refractivity contribution in [2.45, 2.75) is 70.3 Å². The van der Waals surface area contributed by atoms with Crippen LogP contribution < -0.4 is 0 Å². The molecule has 0 aromatic heterocycles. The van der Waals surface area contributed by atoms with E-state index in [4.69, 9.17) is 11.6 Å². The van der Waals surface area contributed by atoms with Crippen LogP contribution in [0.15, 0.2) is 0 Å². The molecule has 0 aromatic carbocycles. The van der Waals surface area contributed by atoms with Crippen LogP contribution in [-0.2, 0) is 4.79 Å². The molecular formula is C15H26ClNO. The predicted octanol–water partition coefficient (Wildman–Crippen LogP) is 3.97. The number of hydrogen-bond acceptors (Lipinski definition) is 1. The minimum Gasteiger partial charge on any atom is -0.339 e. The number of carbonyl (C=O) groups is 1. The molecule has 1 amide bonds. The van der Waals surface area contributed by atoms with Crippen LogP contribution in [0.3, 0.4) is 0 Å². The fourth-order valence-electron chi connectivity index (χ4n) is 3.23. The van der Waals surface area contributed by atoms with Crippen LogP contribution in [0.1, 0.15) is 64.2 Å². The summed E-state index contributed by atoms with van der Waals surface area (Å²) < 4.78 is 0. The normalized spacial score (nSPS) is 22.3. The Morgan fingerprint density at radius 1 is 1.00 bits per heavy atom. The van der Waals surface area contributed by atoms with E-state index in [-0.39, 0.29) is 0 Å². The van der Waals surface area contributed by atoms with Crippen molar-refractivity contribution >= 4 is 17.5 Å². The molecule has 3 heteroatoms. The Balaban J connectivity index is 1.83. The molecule has 0 atom stereocenters. The first-order chi connectivity index (χ1) is 8.81. The fraction of sp³-hybridized carbons (Fsp3) is 0.933. The standard InChI is InChI=1S/C15H26ClNO/c16-10-11-17(14-8-5-9-14)15(18)12-13-6-3-1-2-4-7-13/h13-14H,1-12H2. The maximum absolute atomic E-state index is 12.4. The van der Waals surface area contributed by atoms with Gasteiger partial charge in [-0.3, -0.25) is 4.79 Å². The first kappa shape index (κ1) is 14.2. The zero-order chi connectivity index (χ0) is 12.8. The Labute approximate surface area is 116 Å². The van der Waals surface area contributed by atoms with E-state index in [0.29, 0.717) is 23.7 Å². The van der Waals surface area contributed by atoms with Gasteiger partial charge in [-0.05, 0) is 38.0 Å². The Bertz CT molecular complexity index is 257. The van der Waals surface area contributed by atoms with Crippen LogP contribution in [0.2, 0.25) is 0 Å². The first-order valence-electron chi connectivity index (χ1n) is 7.66. The summed E-state index contributed by atoms with van der Waals surface area (Å²) in [6.45, 7) is 0.748. The molecule has 0 saturated heterocycles. The summed E-state index contributed by atoms with van der Waals surface area (Å²) in [7, 11) is 0. The van der Waals surface area contributed by atoms with Gasteiger partial charge in [-0.2, -0.15) is 0 Å². The second-order valence-corrected chi connectivity index (χ2v) is 6.30. The van der Waals surface area contributed by atoms with Crippen molar-refractivity contribution in [3.8, 4) is 0 Å². The van der Waals surface area contributed by atoms with Crippen LogP contribution in [0, 0.1) is 5.92 Å². The summed E-state index contributed by atoms with van der Waals surface area (Å²) in [6, 6.07) is 0.502. The molecule has 0 unspecified atom stereocenters. The van der Waals surface area contributed by atoms with E-state index in [9.17, 15) is 4.79 Å². The minimum absolute atomic E-state index is 0.368. The van der Waals surface area contributed by atoms with Crippen molar-refractivity contribution in [1.82, 2.24) is 4.90 Å². The maximum atomic E-state index is 12.4. The molecule has 0 spiro atoms. The van der Waals surface area contributed by atoms with E-state index in [1.807, 2.05) is 0 Å². The Hall–Kier alpha value is -0.240. The van der Waals surface area contributed by atoms with Gasteiger partial charge in [0, 0.05) is 24.9 Å². The molecule has 2 saturated carbocycles. The largest absolute Gasteiger partial charge is 0.339 e. The van der Waals surface area contributed by atoms with Crippen molar-refractivity contribution in [3.05, 3.63) is 0 Å². The molecular weight excluding hydrogens is 246 g/mol. The summed E-state index contributed by atoms with van der Waals surface area (Å²) in [5, 5.41) is 0. The summed E-state index contributed by atoms with van der Waals surface area (Å²) in [4.78, 5) is 14.5. The lowest BCUT2D eigenvalue weighted by atomic mass is 9.90. The fourth-order valence-corrected chi connectivity index (χ4v) is 3.41. The van der Waals surface area contributed by atoms with Gasteiger partial charge in [0.15, 0.2) is 0 Å². The van der Waals surface area contributed by atoms with E-state index < -0.39 is 0 Å². The summed E-state index contributed by atoms with van der Waals surface area (Å²) in [6.07, 6.45) is 12.3. The lowest BCUT2D eigenvalue weighted by Crippen LogP contribution is -2.45. The Kier molecular flexibility index (Phi) is 5.81. The number of nitrogens with zero attached hydrogens (tertiary/aromatic N) is 1. The topological polar surface area (TPSA) is 20.3 Å². The van der Waals surface area contributed by atoms with Crippen LogP contribution in [0.4, 0.5) is 0 Å². The highest BCUT2D eigenvalue weighted by Crippen LogP contribution is 2.29. The number of rotatable bonds is 5. The van der Waals surface area contributed by atoms with Crippen molar-refractivity contribution in [1.29, 1.82) is 0 Å². The average Bonchev–Trinajstić information content (AvgIpc) is 2.54. The molecule has 2 fully saturated rings. The third kappa shape index (κ3) is 3.88. The van der Waals surface area contributed by atoms with Gasteiger partial charge in [-0.25, -0.2) is 0 Å². The average molecular weight is 272 g/mol. The minimum atomic E-state index is 0.368. The van der Waals surface area contributed by atoms with E-state index in [0.717, 1.165) is 13.0 Å². The third-order valence-electron chi connectivity index (χ3n) is 4.60. The number of halogens is 1. The third-order valence-corrected chi connectivity index (χ3v) is 4.77. The molecule has 2 aliphatic rings. The van der Waals surface area contributed by atoms with Crippen LogP contribution in [-0.4, -0.2) is 29.3 Å². The maximum Gasteiger partial charge on any atom is 0.223 e. The van der Waals surface area contributed by atoms with Gasteiger partial charge < -0.3 is 4.90 Å². The first-order valence-corrected chi connectivity index (χ1v) is 8.20. The number of carbonyl (C=O) groups excluding carboxylic acids is 1. The Morgan fingerprint density at radius 2 is 1.67 bits per heavy atom. The molecule has 0 radical (unpaired) electrons. The Morgan fingerprint density at radius 3 is 2.17 bits per heavy atom. The summed E-state index contributed by atoms with van der Waals surface area (Å²) >= 11 is 5.84. The van der Waals surface area contributed by atoms with Gasteiger partial charge in [0.2, 0.25) is 5.91 Å². The van der Waals surface area contributed by atoms with Crippen LogP contribution >= 0.6 is 11.6 Å². The predicted molar refractivity (Wildman–Crippen MR) is 75.9 cm³/mol. The highest BCUT2D eigenvalue weighted by atomic mass is 35.5. The molecule has 0 aromatic rings. The monoisotopic (exact) mass is 271 g/mol.